The van der Waals surface area contributed by atoms with Gasteiger partial charge in [0, 0.05) is 34.7 Å². The molecule has 0 spiro atoms. The van der Waals surface area contributed by atoms with Crippen LogP contribution in [0.1, 0.15) is 6.42 Å². The number of nitrogens with one attached hydrogen (secondary N) is 3. The molecule has 4 aromatic rings. The number of aromatic amines is 1. The number of hydrogen-bond donors (Lipinski definition) is 3. The van der Waals surface area contributed by atoms with Crippen LogP contribution in [0.2, 0.25) is 0 Å². The second kappa shape index (κ2) is 7.71. The van der Waals surface area contributed by atoms with Crippen molar-refractivity contribution in [1.82, 2.24) is 15.2 Å². The van der Waals surface area contributed by atoms with E-state index in [4.69, 9.17) is 0 Å². The molecule has 7 heteroatoms. The van der Waals surface area contributed by atoms with Crippen molar-refractivity contribution < 1.29 is 9.59 Å². The fourth-order valence-electron chi connectivity index (χ4n) is 2.90. The Labute approximate surface area is 160 Å². The third kappa shape index (κ3) is 3.88. The molecule has 28 heavy (non-hydrogen) atoms. The summed E-state index contributed by atoms with van der Waals surface area (Å²) in [4.78, 5) is 28.3. The van der Waals surface area contributed by atoms with Crippen molar-refractivity contribution in [3.63, 3.8) is 0 Å². The Morgan fingerprint density at radius 1 is 0.893 bits per heavy atom. The highest BCUT2D eigenvalue weighted by Crippen LogP contribution is 2.27. The molecule has 4 rings (SSSR count). The fourth-order valence-corrected chi connectivity index (χ4v) is 2.90. The number of para-hydroxylation sites is 1. The lowest BCUT2D eigenvalue weighted by Crippen LogP contribution is -2.21. The summed E-state index contributed by atoms with van der Waals surface area (Å²) >= 11 is 0. The molecule has 0 atom stereocenters. The number of hydrogen-bond acceptors (Lipinski definition) is 4. The normalized spacial score (nSPS) is 10.6. The van der Waals surface area contributed by atoms with Gasteiger partial charge in [-0.3, -0.25) is 19.7 Å². The molecule has 0 saturated carbocycles. The molecule has 0 aliphatic heterocycles. The monoisotopic (exact) mass is 371 g/mol. The van der Waals surface area contributed by atoms with Gasteiger partial charge >= 0.3 is 0 Å². The van der Waals surface area contributed by atoms with Gasteiger partial charge in [0.2, 0.25) is 11.8 Å². The minimum atomic E-state index is -0.389. The van der Waals surface area contributed by atoms with Crippen molar-refractivity contribution in [3.8, 4) is 11.3 Å². The predicted octanol–water partition coefficient (Wildman–Crippen LogP) is 3.59. The number of carbonyl (C=O) groups is 2. The van der Waals surface area contributed by atoms with Gasteiger partial charge in [-0.2, -0.15) is 5.10 Å². The molecule has 0 aliphatic rings. The van der Waals surface area contributed by atoms with E-state index in [1.54, 1.807) is 36.7 Å². The zero-order chi connectivity index (χ0) is 19.3. The van der Waals surface area contributed by atoms with E-state index >= 15 is 0 Å². The van der Waals surface area contributed by atoms with E-state index in [1.807, 2.05) is 36.4 Å². The third-order valence-corrected chi connectivity index (χ3v) is 4.16. The number of aromatic nitrogens is 3. The minimum absolute atomic E-state index is 0.267. The first-order valence-electron chi connectivity index (χ1n) is 8.72. The first-order valence-corrected chi connectivity index (χ1v) is 8.72. The molecular formula is C21H17N5O2. The largest absolute Gasteiger partial charge is 0.326 e. The van der Waals surface area contributed by atoms with Gasteiger partial charge in [0.15, 0.2) is 0 Å². The number of anilines is 2. The smallest absolute Gasteiger partial charge is 0.233 e. The molecule has 2 heterocycles. The van der Waals surface area contributed by atoms with Gasteiger partial charge in [-0.25, -0.2) is 0 Å². The Hall–Kier alpha value is -4.00. The van der Waals surface area contributed by atoms with Gasteiger partial charge in [0.25, 0.3) is 0 Å². The van der Waals surface area contributed by atoms with Gasteiger partial charge in [0.1, 0.15) is 12.1 Å². The molecule has 7 nitrogen and oxygen atoms in total. The summed E-state index contributed by atoms with van der Waals surface area (Å²) < 4.78 is 0. The molecule has 138 valence electrons. The number of benzene rings is 2. The van der Waals surface area contributed by atoms with Crippen LogP contribution in [0.15, 0.2) is 73.1 Å². The molecule has 2 aromatic heterocycles. The van der Waals surface area contributed by atoms with Crippen LogP contribution in [0.3, 0.4) is 0 Å². The Morgan fingerprint density at radius 3 is 2.43 bits per heavy atom. The molecule has 2 aromatic carbocycles. The number of fused-ring (bicyclic) bond motifs is 1. The van der Waals surface area contributed by atoms with Gasteiger partial charge < -0.3 is 10.6 Å². The second-order valence-electron chi connectivity index (χ2n) is 6.21. The summed E-state index contributed by atoms with van der Waals surface area (Å²) in [5.41, 5.74) is 3.73. The molecule has 0 radical (unpaired) electrons. The molecule has 0 bridgehead atoms. The Bertz CT molecular complexity index is 1120. The lowest BCUT2D eigenvalue weighted by atomic mass is 10.1. The summed E-state index contributed by atoms with van der Waals surface area (Å²) in [6, 6.07) is 18.2. The Morgan fingerprint density at radius 2 is 1.68 bits per heavy atom. The van der Waals surface area contributed by atoms with E-state index < -0.39 is 0 Å². The lowest BCUT2D eigenvalue weighted by molar-refractivity contribution is -0.123. The van der Waals surface area contributed by atoms with Gasteiger partial charge in [-0.1, -0.05) is 18.2 Å². The minimum Gasteiger partial charge on any atom is -0.326 e. The van der Waals surface area contributed by atoms with Crippen molar-refractivity contribution >= 4 is 34.1 Å². The maximum absolute atomic E-state index is 12.2. The van der Waals surface area contributed by atoms with E-state index in [1.165, 1.54) is 0 Å². The molecule has 0 fully saturated rings. The van der Waals surface area contributed by atoms with Crippen LogP contribution in [-0.2, 0) is 9.59 Å². The summed E-state index contributed by atoms with van der Waals surface area (Å²) in [7, 11) is 0. The molecule has 3 N–H and O–H groups in total. The van der Waals surface area contributed by atoms with Crippen molar-refractivity contribution in [2.45, 2.75) is 6.42 Å². The second-order valence-corrected chi connectivity index (χ2v) is 6.21. The number of amides is 2. The summed E-state index contributed by atoms with van der Waals surface area (Å²) in [6.45, 7) is 0. The molecule has 0 aliphatic carbocycles. The van der Waals surface area contributed by atoms with Gasteiger partial charge in [-0.05, 0) is 42.5 Å². The maximum atomic E-state index is 12.2. The van der Waals surface area contributed by atoms with E-state index in [0.717, 1.165) is 22.2 Å². The van der Waals surface area contributed by atoms with E-state index in [0.29, 0.717) is 11.4 Å². The van der Waals surface area contributed by atoms with E-state index in [-0.39, 0.29) is 18.2 Å². The number of H-pyrrole nitrogens is 1. The molecule has 0 unspecified atom stereocenters. The highest BCUT2D eigenvalue weighted by atomic mass is 16.2. The topological polar surface area (TPSA) is 99.8 Å². The predicted molar refractivity (Wildman–Crippen MR) is 108 cm³/mol. The fraction of sp³-hybridized carbons (Fsp3) is 0.0476. The first-order chi connectivity index (χ1) is 13.7. The standard InChI is InChI=1S/C21H17N5O2/c27-19(23-15-6-2-1-3-7-15)12-20(28)24-16-8-9-17-18(11-16)25-26-21(17)14-5-4-10-22-13-14/h1-11,13H,12H2,(H,23,27)(H,24,28)(H,25,26). The van der Waals surface area contributed by atoms with Crippen molar-refractivity contribution in [2.24, 2.45) is 0 Å². The van der Waals surface area contributed by atoms with Crippen LogP contribution in [0.25, 0.3) is 22.2 Å². The van der Waals surface area contributed by atoms with E-state index in [2.05, 4.69) is 25.8 Å². The number of rotatable bonds is 5. The Kier molecular flexibility index (Phi) is 4.79. The Balaban J connectivity index is 1.43. The zero-order valence-electron chi connectivity index (χ0n) is 14.8. The quantitative estimate of drug-likeness (QED) is 0.467. The van der Waals surface area contributed by atoms with E-state index in [9.17, 15) is 9.59 Å². The molecule has 2 amide bonds. The molecule has 0 saturated heterocycles. The van der Waals surface area contributed by atoms with Crippen LogP contribution >= 0.6 is 0 Å². The average Bonchev–Trinajstić information content (AvgIpc) is 3.12. The van der Waals surface area contributed by atoms with Crippen LogP contribution < -0.4 is 10.6 Å². The van der Waals surface area contributed by atoms with Crippen molar-refractivity contribution in [2.75, 3.05) is 10.6 Å². The van der Waals surface area contributed by atoms with Gasteiger partial charge in [0.05, 0.1) is 5.52 Å². The summed E-state index contributed by atoms with van der Waals surface area (Å²) in [5.74, 6) is -0.759. The maximum Gasteiger partial charge on any atom is 0.233 e. The van der Waals surface area contributed by atoms with Crippen molar-refractivity contribution in [3.05, 3.63) is 73.1 Å². The number of pyridine rings is 1. The third-order valence-electron chi connectivity index (χ3n) is 4.16. The van der Waals surface area contributed by atoms with Crippen LogP contribution in [-0.4, -0.2) is 27.0 Å². The van der Waals surface area contributed by atoms with Crippen LogP contribution in [0.5, 0.6) is 0 Å². The van der Waals surface area contributed by atoms with Crippen molar-refractivity contribution in [1.29, 1.82) is 0 Å². The first kappa shape index (κ1) is 17.4. The van der Waals surface area contributed by atoms with Crippen LogP contribution in [0, 0.1) is 0 Å². The summed E-state index contributed by atoms with van der Waals surface area (Å²) in [6.07, 6.45) is 3.19. The number of carbonyl (C=O) groups excluding carboxylic acids is 2. The highest BCUT2D eigenvalue weighted by Gasteiger charge is 2.12. The summed E-state index contributed by atoms with van der Waals surface area (Å²) in [5, 5.41) is 13.7. The lowest BCUT2D eigenvalue weighted by Gasteiger charge is -2.07. The van der Waals surface area contributed by atoms with Crippen LogP contribution in [0.4, 0.5) is 11.4 Å². The van der Waals surface area contributed by atoms with Gasteiger partial charge in [-0.15, -0.1) is 0 Å². The SMILES string of the molecule is O=C(CC(=O)Nc1ccc2c(-c3cccnc3)n[nH]c2c1)Nc1ccccc1. The average molecular weight is 371 g/mol. The molecular weight excluding hydrogens is 354 g/mol. The number of nitrogens with zero attached hydrogens (tertiary/aromatic N) is 2. The zero-order valence-corrected chi connectivity index (χ0v) is 14.8. The highest BCUT2D eigenvalue weighted by molar-refractivity contribution is 6.08.